The SMILES string of the molecule is COc1ccc2c(OC)cc(C3CSC(NC(C)C)=N3)nc2c1Cl. The molecule has 2 aromatic rings. The maximum Gasteiger partial charge on any atom is 0.157 e. The molecule has 0 spiro atoms. The highest BCUT2D eigenvalue weighted by Gasteiger charge is 2.24. The van der Waals surface area contributed by atoms with Crippen LogP contribution in [-0.4, -0.2) is 36.2 Å². The second-order valence-corrected chi connectivity index (χ2v) is 7.17. The smallest absolute Gasteiger partial charge is 0.157 e. The number of halogens is 1. The highest BCUT2D eigenvalue weighted by atomic mass is 35.5. The van der Waals surface area contributed by atoms with Crippen LogP contribution in [0.5, 0.6) is 11.5 Å². The molecule has 1 aromatic carbocycles. The van der Waals surface area contributed by atoms with Crippen molar-refractivity contribution in [3.63, 3.8) is 0 Å². The molecule has 0 fully saturated rings. The van der Waals surface area contributed by atoms with Crippen LogP contribution in [0.1, 0.15) is 25.6 Å². The second kappa shape index (κ2) is 7.07. The maximum absolute atomic E-state index is 6.45. The van der Waals surface area contributed by atoms with Gasteiger partial charge in [0, 0.05) is 23.2 Å². The molecule has 1 N–H and O–H groups in total. The molecule has 1 aliphatic heterocycles. The highest BCUT2D eigenvalue weighted by molar-refractivity contribution is 8.14. The Labute approximate surface area is 150 Å². The molecule has 7 heteroatoms. The van der Waals surface area contributed by atoms with Gasteiger partial charge in [-0.2, -0.15) is 0 Å². The predicted molar refractivity (Wildman–Crippen MR) is 101 cm³/mol. The van der Waals surface area contributed by atoms with Crippen molar-refractivity contribution in [2.45, 2.75) is 25.9 Å². The van der Waals surface area contributed by atoms with Crippen molar-refractivity contribution >= 4 is 39.4 Å². The van der Waals surface area contributed by atoms with Crippen molar-refractivity contribution in [3.8, 4) is 11.5 Å². The van der Waals surface area contributed by atoms with E-state index in [4.69, 9.17) is 31.1 Å². The lowest BCUT2D eigenvalue weighted by atomic mass is 10.1. The first-order chi connectivity index (χ1) is 11.5. The van der Waals surface area contributed by atoms with E-state index in [9.17, 15) is 0 Å². The zero-order chi connectivity index (χ0) is 17.3. The monoisotopic (exact) mass is 365 g/mol. The highest BCUT2D eigenvalue weighted by Crippen LogP contribution is 2.38. The number of ether oxygens (including phenoxy) is 2. The number of hydrogen-bond acceptors (Lipinski definition) is 6. The Morgan fingerprint density at radius 1 is 1.25 bits per heavy atom. The van der Waals surface area contributed by atoms with Crippen molar-refractivity contribution in [2.75, 3.05) is 20.0 Å². The van der Waals surface area contributed by atoms with E-state index >= 15 is 0 Å². The lowest BCUT2D eigenvalue weighted by Gasteiger charge is -2.13. The number of aliphatic imine (C=N–C) groups is 1. The van der Waals surface area contributed by atoms with Crippen molar-refractivity contribution in [1.82, 2.24) is 10.3 Å². The molecule has 0 amide bonds. The third kappa shape index (κ3) is 3.26. The van der Waals surface area contributed by atoms with Crippen LogP contribution >= 0.6 is 23.4 Å². The molecule has 1 unspecified atom stereocenters. The molecule has 5 nitrogen and oxygen atoms in total. The lowest BCUT2D eigenvalue weighted by molar-refractivity contribution is 0.414. The Morgan fingerprint density at radius 3 is 2.67 bits per heavy atom. The fourth-order valence-electron chi connectivity index (χ4n) is 2.58. The minimum absolute atomic E-state index is 0.0168. The van der Waals surface area contributed by atoms with Crippen molar-refractivity contribution < 1.29 is 9.47 Å². The van der Waals surface area contributed by atoms with Gasteiger partial charge in [-0.1, -0.05) is 23.4 Å². The molecule has 1 aromatic heterocycles. The predicted octanol–water partition coefficient (Wildman–Crippen LogP) is 4.05. The van der Waals surface area contributed by atoms with Crippen LogP contribution in [0.25, 0.3) is 10.9 Å². The summed E-state index contributed by atoms with van der Waals surface area (Å²) in [5, 5.41) is 5.65. The number of pyridine rings is 1. The average molecular weight is 366 g/mol. The molecule has 128 valence electrons. The molecule has 1 atom stereocenters. The quantitative estimate of drug-likeness (QED) is 0.885. The molecule has 24 heavy (non-hydrogen) atoms. The number of thioether (sulfide) groups is 1. The Bertz CT molecular complexity index is 795. The van der Waals surface area contributed by atoms with Gasteiger partial charge in [-0.3, -0.25) is 4.99 Å². The molecule has 0 saturated heterocycles. The summed E-state index contributed by atoms with van der Waals surface area (Å²) >= 11 is 8.16. The normalized spacial score (nSPS) is 17.2. The first-order valence-electron chi connectivity index (χ1n) is 7.71. The minimum atomic E-state index is -0.0168. The van der Waals surface area contributed by atoms with Crippen LogP contribution in [0, 0.1) is 0 Å². The van der Waals surface area contributed by atoms with Crippen LogP contribution in [0.15, 0.2) is 23.2 Å². The number of benzene rings is 1. The molecule has 0 saturated carbocycles. The largest absolute Gasteiger partial charge is 0.496 e. The summed E-state index contributed by atoms with van der Waals surface area (Å²) in [7, 11) is 3.24. The van der Waals surface area contributed by atoms with Gasteiger partial charge < -0.3 is 14.8 Å². The maximum atomic E-state index is 6.45. The first-order valence-corrected chi connectivity index (χ1v) is 9.08. The molecular formula is C17H20ClN3O2S. The van der Waals surface area contributed by atoms with Gasteiger partial charge >= 0.3 is 0 Å². The van der Waals surface area contributed by atoms with Crippen LogP contribution < -0.4 is 14.8 Å². The van der Waals surface area contributed by atoms with Gasteiger partial charge in [-0.25, -0.2) is 4.98 Å². The molecule has 3 rings (SSSR count). The Balaban J connectivity index is 2.06. The lowest BCUT2D eigenvalue weighted by Crippen LogP contribution is -2.26. The van der Waals surface area contributed by atoms with Crippen molar-refractivity contribution in [3.05, 3.63) is 28.9 Å². The van der Waals surface area contributed by atoms with E-state index in [1.54, 1.807) is 26.0 Å². The van der Waals surface area contributed by atoms with Gasteiger partial charge in [0.05, 0.1) is 25.4 Å². The van der Waals surface area contributed by atoms with Gasteiger partial charge in [0.15, 0.2) is 5.17 Å². The standard InChI is InChI=1S/C17H20ClN3O2S/c1-9(2)19-17-21-12(8-24-17)11-7-14(23-4)10-5-6-13(22-3)15(18)16(10)20-11/h5-7,9,12H,8H2,1-4H3,(H,19,21). The van der Waals surface area contributed by atoms with Crippen LogP contribution in [0.2, 0.25) is 5.02 Å². The third-order valence-electron chi connectivity index (χ3n) is 3.71. The summed E-state index contributed by atoms with van der Waals surface area (Å²) in [5.41, 5.74) is 1.53. The number of amidine groups is 1. The molecule has 2 heterocycles. The summed E-state index contributed by atoms with van der Waals surface area (Å²) in [6, 6.07) is 6.01. The fraction of sp³-hybridized carbons (Fsp3) is 0.412. The second-order valence-electron chi connectivity index (χ2n) is 5.79. The van der Waals surface area contributed by atoms with E-state index < -0.39 is 0 Å². The molecule has 0 aliphatic carbocycles. The average Bonchev–Trinajstić information content (AvgIpc) is 3.02. The number of methoxy groups -OCH3 is 2. The van der Waals surface area contributed by atoms with Crippen LogP contribution in [0.3, 0.4) is 0 Å². The van der Waals surface area contributed by atoms with Gasteiger partial charge in [0.1, 0.15) is 22.6 Å². The molecular weight excluding hydrogens is 346 g/mol. The molecule has 1 aliphatic rings. The summed E-state index contributed by atoms with van der Waals surface area (Å²) in [6.07, 6.45) is 0. The summed E-state index contributed by atoms with van der Waals surface area (Å²) < 4.78 is 10.8. The van der Waals surface area contributed by atoms with E-state index in [1.807, 2.05) is 18.2 Å². The van der Waals surface area contributed by atoms with E-state index in [0.717, 1.165) is 27.8 Å². The third-order valence-corrected chi connectivity index (χ3v) is 5.05. The van der Waals surface area contributed by atoms with Crippen molar-refractivity contribution in [1.29, 1.82) is 0 Å². The number of hydrogen-bond donors (Lipinski definition) is 1. The Kier molecular flexibility index (Phi) is 5.06. The van der Waals surface area contributed by atoms with Gasteiger partial charge in [-0.15, -0.1) is 0 Å². The van der Waals surface area contributed by atoms with E-state index in [2.05, 4.69) is 19.2 Å². The Morgan fingerprint density at radius 2 is 2.00 bits per heavy atom. The van der Waals surface area contributed by atoms with Gasteiger partial charge in [0.25, 0.3) is 0 Å². The molecule has 0 radical (unpaired) electrons. The number of nitrogens with one attached hydrogen (secondary N) is 1. The topological polar surface area (TPSA) is 55.7 Å². The Hall–Kier alpha value is -1.66. The number of fused-ring (bicyclic) bond motifs is 1. The zero-order valence-corrected chi connectivity index (χ0v) is 15.7. The van der Waals surface area contributed by atoms with E-state index in [-0.39, 0.29) is 6.04 Å². The fourth-order valence-corrected chi connectivity index (χ4v) is 3.94. The number of nitrogens with zero attached hydrogens (tertiary/aromatic N) is 2. The van der Waals surface area contributed by atoms with E-state index in [1.165, 1.54) is 0 Å². The first kappa shape index (κ1) is 17.2. The summed E-state index contributed by atoms with van der Waals surface area (Å²) in [5.74, 6) is 2.19. The van der Waals surface area contributed by atoms with Gasteiger partial charge in [-0.05, 0) is 26.0 Å². The summed E-state index contributed by atoms with van der Waals surface area (Å²) in [4.78, 5) is 9.48. The van der Waals surface area contributed by atoms with Crippen molar-refractivity contribution in [2.24, 2.45) is 4.99 Å². The number of aromatic nitrogens is 1. The van der Waals surface area contributed by atoms with Gasteiger partial charge in [0.2, 0.25) is 0 Å². The minimum Gasteiger partial charge on any atom is -0.496 e. The van der Waals surface area contributed by atoms with Crippen LogP contribution in [-0.2, 0) is 0 Å². The van der Waals surface area contributed by atoms with E-state index in [0.29, 0.717) is 22.3 Å². The summed E-state index contributed by atoms with van der Waals surface area (Å²) in [6.45, 7) is 4.19. The van der Waals surface area contributed by atoms with Crippen LogP contribution in [0.4, 0.5) is 0 Å². The molecule has 0 bridgehead atoms. The zero-order valence-electron chi connectivity index (χ0n) is 14.1. The number of rotatable bonds is 4.